The third-order valence-corrected chi connectivity index (χ3v) is 12.9. The van der Waals surface area contributed by atoms with Gasteiger partial charge in [0, 0.05) is 16.5 Å². The molecule has 2 aliphatic heterocycles. The number of ether oxygens (including phenoxy) is 4. The van der Waals surface area contributed by atoms with E-state index in [9.17, 15) is 0 Å². The summed E-state index contributed by atoms with van der Waals surface area (Å²) in [5.74, 6) is 7.75. The summed E-state index contributed by atoms with van der Waals surface area (Å²) >= 11 is 0. The molecule has 2 saturated heterocycles. The Bertz CT molecular complexity index is 1280. The zero-order valence-corrected chi connectivity index (χ0v) is 23.9. The van der Waals surface area contributed by atoms with Gasteiger partial charge in [-0.1, -0.05) is 6.07 Å². The normalized spacial score (nSPS) is 45.3. The molecule has 2 aromatic rings. The van der Waals surface area contributed by atoms with Gasteiger partial charge in [0.2, 0.25) is 0 Å². The molecule has 2 atom stereocenters. The summed E-state index contributed by atoms with van der Waals surface area (Å²) in [5.41, 5.74) is 3.73. The molecule has 0 N–H and O–H groups in total. The van der Waals surface area contributed by atoms with E-state index in [0.29, 0.717) is 18.6 Å². The summed E-state index contributed by atoms with van der Waals surface area (Å²) in [7, 11) is 0. The molecule has 212 valence electrons. The van der Waals surface area contributed by atoms with Crippen LogP contribution in [0.4, 0.5) is 0 Å². The minimum absolute atomic E-state index is 0.253. The second-order valence-electron chi connectivity index (χ2n) is 15.9. The lowest BCUT2D eigenvalue weighted by Gasteiger charge is -2.59. The summed E-state index contributed by atoms with van der Waals surface area (Å²) in [4.78, 5) is 0. The topological polar surface area (TPSA) is 43.5 Å². The summed E-state index contributed by atoms with van der Waals surface area (Å²) in [6.07, 6.45) is 17.6. The van der Waals surface area contributed by atoms with E-state index in [1.165, 1.54) is 93.6 Å². The highest BCUT2D eigenvalue weighted by atomic mass is 16.6. The van der Waals surface area contributed by atoms with Gasteiger partial charge in [0.25, 0.3) is 0 Å². The predicted octanol–water partition coefficient (Wildman–Crippen LogP) is 7.33. The molecule has 2 aromatic carbocycles. The average Bonchev–Trinajstić information content (AvgIpc) is 3.84. The second-order valence-corrected chi connectivity index (χ2v) is 15.9. The van der Waals surface area contributed by atoms with Gasteiger partial charge in [-0.15, -0.1) is 0 Å². The maximum atomic E-state index is 7.14. The quantitative estimate of drug-likeness (QED) is 0.329. The van der Waals surface area contributed by atoms with Gasteiger partial charge in [-0.05, 0) is 147 Å². The van der Waals surface area contributed by atoms with Crippen LogP contribution in [0.5, 0.6) is 11.5 Å². The Morgan fingerprint density at radius 3 is 1.65 bits per heavy atom. The molecular formula is C36H44O4. The molecule has 0 amide bonds. The van der Waals surface area contributed by atoms with Crippen molar-refractivity contribution in [2.24, 2.45) is 35.5 Å². The van der Waals surface area contributed by atoms with E-state index in [1.807, 2.05) is 0 Å². The molecule has 0 aromatic heterocycles. The van der Waals surface area contributed by atoms with Crippen LogP contribution in [0.1, 0.15) is 88.2 Å². The maximum Gasteiger partial charge on any atom is 0.127 e. The first kappa shape index (κ1) is 23.7. The molecule has 2 unspecified atom stereocenters. The van der Waals surface area contributed by atoms with Crippen molar-refractivity contribution in [2.75, 3.05) is 26.4 Å². The molecular weight excluding hydrogens is 496 g/mol. The summed E-state index contributed by atoms with van der Waals surface area (Å²) in [6.45, 7) is 3.06. The highest BCUT2D eigenvalue weighted by Gasteiger charge is 2.56. The number of epoxide rings is 2. The first-order valence-electron chi connectivity index (χ1n) is 16.7. The Balaban J connectivity index is 1.19. The van der Waals surface area contributed by atoms with Crippen molar-refractivity contribution in [2.45, 2.75) is 100 Å². The van der Waals surface area contributed by atoms with Crippen LogP contribution in [-0.2, 0) is 20.3 Å². The maximum absolute atomic E-state index is 7.14. The Morgan fingerprint density at radius 1 is 0.625 bits per heavy atom. The van der Waals surface area contributed by atoms with E-state index >= 15 is 0 Å². The Kier molecular flexibility index (Phi) is 4.99. The van der Waals surface area contributed by atoms with Gasteiger partial charge in [0.15, 0.2) is 0 Å². The summed E-state index contributed by atoms with van der Waals surface area (Å²) in [5, 5.41) is 2.83. The molecule has 4 heteroatoms. The number of rotatable bonds is 8. The van der Waals surface area contributed by atoms with E-state index in [2.05, 4.69) is 24.3 Å². The van der Waals surface area contributed by atoms with Gasteiger partial charge in [-0.3, -0.25) is 0 Å². The van der Waals surface area contributed by atoms with Crippen LogP contribution in [0, 0.1) is 35.5 Å². The Labute approximate surface area is 238 Å². The van der Waals surface area contributed by atoms with Gasteiger partial charge < -0.3 is 18.9 Å². The van der Waals surface area contributed by atoms with Crippen molar-refractivity contribution in [1.82, 2.24) is 0 Å². The van der Waals surface area contributed by atoms with Crippen LogP contribution in [0.15, 0.2) is 24.3 Å². The lowest BCUT2D eigenvalue weighted by atomic mass is 9.46. The largest absolute Gasteiger partial charge is 0.491 e. The molecule has 4 nitrogen and oxygen atoms in total. The molecule has 8 aliphatic carbocycles. The molecule has 0 radical (unpaired) electrons. The second kappa shape index (κ2) is 8.40. The van der Waals surface area contributed by atoms with Crippen molar-refractivity contribution in [3.05, 3.63) is 35.4 Å². The van der Waals surface area contributed by atoms with Crippen LogP contribution in [0.25, 0.3) is 10.8 Å². The monoisotopic (exact) mass is 540 g/mol. The zero-order chi connectivity index (χ0) is 26.1. The van der Waals surface area contributed by atoms with Crippen molar-refractivity contribution >= 4 is 10.8 Å². The molecule has 40 heavy (non-hydrogen) atoms. The Hall–Kier alpha value is -1.78. The smallest absolute Gasteiger partial charge is 0.127 e. The van der Waals surface area contributed by atoms with E-state index in [1.54, 1.807) is 11.1 Å². The minimum atomic E-state index is 0.253. The standard InChI is InChI=1S/C36H44O4/c1-2-28(37-17-29-18-38-29)10-31-27(1)9-32(35-11-21-3-22(12-35)5-23(4-21)13-35)34(40-20-30-19-39-30)33(31)36-14-24-6-25(15-36)8-26(7-24)16-36/h1-2,9-10,21-26,29-30H,3-8,11-20H2. The molecule has 8 bridgehead atoms. The average molecular weight is 541 g/mol. The van der Waals surface area contributed by atoms with E-state index in [-0.39, 0.29) is 17.6 Å². The van der Waals surface area contributed by atoms with Gasteiger partial charge in [0.1, 0.15) is 36.9 Å². The van der Waals surface area contributed by atoms with Gasteiger partial charge in [-0.25, -0.2) is 0 Å². The lowest BCUT2D eigenvalue weighted by molar-refractivity contribution is -0.0103. The fourth-order valence-corrected chi connectivity index (χ4v) is 12.1. The Morgan fingerprint density at radius 2 is 1.12 bits per heavy atom. The fourth-order valence-electron chi connectivity index (χ4n) is 12.1. The van der Waals surface area contributed by atoms with Gasteiger partial charge >= 0.3 is 0 Å². The van der Waals surface area contributed by atoms with E-state index in [0.717, 1.165) is 54.5 Å². The fraction of sp³-hybridized carbons (Fsp3) is 0.722. The summed E-state index contributed by atoms with van der Waals surface area (Å²) < 4.78 is 24.6. The first-order valence-corrected chi connectivity index (χ1v) is 16.7. The number of fused-ring (bicyclic) bond motifs is 1. The van der Waals surface area contributed by atoms with Crippen molar-refractivity contribution < 1.29 is 18.9 Å². The molecule has 12 rings (SSSR count). The predicted molar refractivity (Wildman–Crippen MR) is 154 cm³/mol. The minimum Gasteiger partial charge on any atom is -0.491 e. The molecule has 10 fully saturated rings. The van der Waals surface area contributed by atoms with Crippen LogP contribution >= 0.6 is 0 Å². The SMILES string of the molecule is c1cc2cc(C34CC5CC(CC(C5)C3)C4)c(OCC3CO3)c(C34CC5CC(CC(C5)C3)C4)c2cc1OCC1CO1. The molecule has 8 saturated carbocycles. The van der Waals surface area contributed by atoms with Crippen LogP contribution in [-0.4, -0.2) is 38.6 Å². The highest BCUT2D eigenvalue weighted by Crippen LogP contribution is 2.66. The molecule has 2 heterocycles. The summed E-state index contributed by atoms with van der Waals surface area (Å²) in [6, 6.07) is 9.58. The molecule has 0 spiro atoms. The number of benzene rings is 2. The third kappa shape index (κ3) is 3.77. The lowest BCUT2D eigenvalue weighted by Crippen LogP contribution is -2.50. The van der Waals surface area contributed by atoms with Gasteiger partial charge in [-0.2, -0.15) is 0 Å². The first-order chi connectivity index (χ1) is 19.6. The zero-order valence-electron chi connectivity index (χ0n) is 23.9. The van der Waals surface area contributed by atoms with Gasteiger partial charge in [0.05, 0.1) is 13.2 Å². The van der Waals surface area contributed by atoms with Crippen LogP contribution in [0.2, 0.25) is 0 Å². The van der Waals surface area contributed by atoms with E-state index < -0.39 is 0 Å². The molecule has 10 aliphatic rings. The third-order valence-electron chi connectivity index (χ3n) is 12.9. The van der Waals surface area contributed by atoms with Crippen LogP contribution in [0.3, 0.4) is 0 Å². The number of hydrogen-bond acceptors (Lipinski definition) is 4. The highest BCUT2D eigenvalue weighted by molar-refractivity contribution is 5.92. The van der Waals surface area contributed by atoms with Crippen LogP contribution < -0.4 is 9.47 Å². The van der Waals surface area contributed by atoms with Crippen molar-refractivity contribution in [3.63, 3.8) is 0 Å². The van der Waals surface area contributed by atoms with Crippen molar-refractivity contribution in [3.8, 4) is 11.5 Å². The number of hydrogen-bond donors (Lipinski definition) is 0. The van der Waals surface area contributed by atoms with Crippen molar-refractivity contribution in [1.29, 1.82) is 0 Å². The van der Waals surface area contributed by atoms with E-state index in [4.69, 9.17) is 18.9 Å².